The standard InChI is InChI=1S/C20H21N7O2/c1-29-13-5-3-2-4-12(13)24-20-26-18-16(22-9-23-18)19(27-20)25-15-11-7-6-10(8-11)14(15)17(21)28/h2-7,9-11,14-15H,8H2,1H3,(H2,21,28)(H3,22,23,24,25,26,27). The van der Waals surface area contributed by atoms with Crippen molar-refractivity contribution < 1.29 is 9.53 Å². The number of carbonyl (C=O) groups is 1. The maximum absolute atomic E-state index is 12.1. The highest BCUT2D eigenvalue weighted by Crippen LogP contribution is 2.45. The van der Waals surface area contributed by atoms with Crippen molar-refractivity contribution in [2.75, 3.05) is 17.7 Å². The Balaban J connectivity index is 1.50. The molecule has 4 atom stereocenters. The lowest BCUT2D eigenvalue weighted by atomic mass is 9.88. The van der Waals surface area contributed by atoms with Gasteiger partial charge >= 0.3 is 0 Å². The van der Waals surface area contributed by atoms with Crippen LogP contribution in [0.3, 0.4) is 0 Å². The number of H-pyrrole nitrogens is 1. The molecule has 1 saturated carbocycles. The number of fused-ring (bicyclic) bond motifs is 3. The maximum atomic E-state index is 12.1. The third-order valence-corrected chi connectivity index (χ3v) is 5.72. The van der Waals surface area contributed by atoms with Gasteiger partial charge in [-0.3, -0.25) is 4.79 Å². The number of aromatic nitrogens is 4. The number of amides is 1. The quantitative estimate of drug-likeness (QED) is 0.474. The lowest BCUT2D eigenvalue weighted by molar-refractivity contribution is -0.122. The minimum atomic E-state index is -0.293. The zero-order valence-electron chi connectivity index (χ0n) is 15.8. The van der Waals surface area contributed by atoms with E-state index < -0.39 is 0 Å². The number of imidazole rings is 1. The number of benzene rings is 1. The zero-order chi connectivity index (χ0) is 20.0. The number of methoxy groups -OCH3 is 1. The summed E-state index contributed by atoms with van der Waals surface area (Å²) in [6.07, 6.45) is 6.74. The van der Waals surface area contributed by atoms with Gasteiger partial charge in [0, 0.05) is 6.04 Å². The van der Waals surface area contributed by atoms with Gasteiger partial charge in [0.05, 0.1) is 25.0 Å². The van der Waals surface area contributed by atoms with E-state index in [0.29, 0.717) is 28.7 Å². The van der Waals surface area contributed by atoms with E-state index in [9.17, 15) is 4.79 Å². The summed E-state index contributed by atoms with van der Waals surface area (Å²) in [4.78, 5) is 28.6. The number of nitrogens with two attached hydrogens (primary N) is 1. The van der Waals surface area contributed by atoms with E-state index in [1.54, 1.807) is 13.4 Å². The van der Waals surface area contributed by atoms with E-state index in [2.05, 4.69) is 42.7 Å². The fourth-order valence-corrected chi connectivity index (χ4v) is 4.43. The van der Waals surface area contributed by atoms with Crippen molar-refractivity contribution in [3.05, 3.63) is 42.7 Å². The first-order chi connectivity index (χ1) is 14.1. The van der Waals surface area contributed by atoms with Gasteiger partial charge in [0.25, 0.3) is 0 Å². The van der Waals surface area contributed by atoms with Crippen LogP contribution >= 0.6 is 0 Å². The zero-order valence-corrected chi connectivity index (χ0v) is 15.8. The second-order valence-electron chi connectivity index (χ2n) is 7.37. The molecule has 0 aliphatic heterocycles. The van der Waals surface area contributed by atoms with Gasteiger partial charge in [0.15, 0.2) is 11.5 Å². The van der Waals surface area contributed by atoms with Gasteiger partial charge in [-0.1, -0.05) is 24.3 Å². The van der Waals surface area contributed by atoms with Crippen LogP contribution in [0.15, 0.2) is 42.7 Å². The highest BCUT2D eigenvalue weighted by molar-refractivity contribution is 5.86. The average molecular weight is 391 g/mol. The number of hydrogen-bond donors (Lipinski definition) is 4. The highest BCUT2D eigenvalue weighted by Gasteiger charge is 2.47. The van der Waals surface area contributed by atoms with Gasteiger partial charge in [0.2, 0.25) is 11.9 Å². The Bertz CT molecular complexity index is 1110. The fraction of sp³-hybridized carbons (Fsp3) is 0.300. The van der Waals surface area contributed by atoms with Crippen molar-refractivity contribution in [1.29, 1.82) is 0 Å². The van der Waals surface area contributed by atoms with Crippen molar-refractivity contribution in [2.45, 2.75) is 12.5 Å². The molecule has 1 amide bonds. The molecule has 0 spiro atoms. The molecule has 4 unspecified atom stereocenters. The van der Waals surface area contributed by atoms with Gasteiger partial charge in [-0.2, -0.15) is 9.97 Å². The summed E-state index contributed by atoms with van der Waals surface area (Å²) in [5.41, 5.74) is 7.65. The number of nitrogens with zero attached hydrogens (tertiary/aromatic N) is 3. The molecule has 9 heteroatoms. The van der Waals surface area contributed by atoms with Crippen molar-refractivity contribution in [3.8, 4) is 5.75 Å². The minimum absolute atomic E-state index is 0.114. The third kappa shape index (κ3) is 2.95. The molecule has 1 fully saturated rings. The number of carbonyl (C=O) groups excluding carboxylic acids is 1. The van der Waals surface area contributed by atoms with Crippen LogP contribution in [-0.2, 0) is 4.79 Å². The highest BCUT2D eigenvalue weighted by atomic mass is 16.5. The predicted molar refractivity (Wildman–Crippen MR) is 109 cm³/mol. The fourth-order valence-electron chi connectivity index (χ4n) is 4.43. The molecule has 2 aromatic heterocycles. The first-order valence-electron chi connectivity index (χ1n) is 9.49. The second kappa shape index (κ2) is 6.77. The summed E-state index contributed by atoms with van der Waals surface area (Å²) >= 11 is 0. The van der Waals surface area contributed by atoms with Crippen LogP contribution in [0.1, 0.15) is 6.42 Å². The smallest absolute Gasteiger partial charge is 0.231 e. The Morgan fingerprint density at radius 3 is 2.90 bits per heavy atom. The number of primary amides is 1. The average Bonchev–Trinajstić information content (AvgIpc) is 3.44. The van der Waals surface area contributed by atoms with E-state index in [4.69, 9.17) is 10.5 Å². The van der Waals surface area contributed by atoms with E-state index in [-0.39, 0.29) is 29.7 Å². The first-order valence-corrected chi connectivity index (χ1v) is 9.49. The number of hydrogen-bond acceptors (Lipinski definition) is 7. The Kier molecular flexibility index (Phi) is 4.08. The molecule has 9 nitrogen and oxygen atoms in total. The minimum Gasteiger partial charge on any atom is -0.495 e. The van der Waals surface area contributed by atoms with Crippen molar-refractivity contribution >= 4 is 34.5 Å². The Morgan fingerprint density at radius 2 is 2.07 bits per heavy atom. The van der Waals surface area contributed by atoms with E-state index in [1.807, 2.05) is 24.3 Å². The lowest BCUT2D eigenvalue weighted by Gasteiger charge is -2.27. The van der Waals surface area contributed by atoms with Crippen molar-refractivity contribution in [3.63, 3.8) is 0 Å². The Morgan fingerprint density at radius 1 is 1.24 bits per heavy atom. The lowest BCUT2D eigenvalue weighted by Crippen LogP contribution is -2.41. The topological polar surface area (TPSA) is 131 Å². The summed E-state index contributed by atoms with van der Waals surface area (Å²) in [5, 5.41) is 6.63. The second-order valence-corrected chi connectivity index (χ2v) is 7.37. The molecule has 29 heavy (non-hydrogen) atoms. The molecule has 148 valence electrons. The van der Waals surface area contributed by atoms with E-state index in [1.165, 1.54) is 0 Å². The predicted octanol–water partition coefficient (Wildman–Crippen LogP) is 2.19. The summed E-state index contributed by atoms with van der Waals surface area (Å²) in [7, 11) is 1.61. The summed E-state index contributed by atoms with van der Waals surface area (Å²) in [6.45, 7) is 0. The van der Waals surface area contributed by atoms with Gasteiger partial charge in [0.1, 0.15) is 11.3 Å². The van der Waals surface area contributed by atoms with Crippen LogP contribution in [0, 0.1) is 17.8 Å². The van der Waals surface area contributed by atoms with Gasteiger partial charge < -0.3 is 26.1 Å². The largest absolute Gasteiger partial charge is 0.495 e. The molecular weight excluding hydrogens is 370 g/mol. The molecule has 2 aliphatic carbocycles. The molecule has 2 aliphatic rings. The SMILES string of the molecule is COc1ccccc1Nc1nc(NC2C3C=CC(C3)C2C(N)=O)c2nc[nH]c2n1. The molecule has 2 bridgehead atoms. The summed E-state index contributed by atoms with van der Waals surface area (Å²) < 4.78 is 5.39. The van der Waals surface area contributed by atoms with Crippen LogP contribution in [0.25, 0.3) is 11.2 Å². The molecule has 5 N–H and O–H groups in total. The summed E-state index contributed by atoms with van der Waals surface area (Å²) in [6, 6.07) is 7.42. The van der Waals surface area contributed by atoms with Crippen LogP contribution < -0.4 is 21.1 Å². The number of allylic oxidation sites excluding steroid dienone is 1. The number of ether oxygens (including phenoxy) is 1. The molecule has 0 saturated heterocycles. The number of anilines is 3. The van der Waals surface area contributed by atoms with Crippen molar-refractivity contribution in [1.82, 2.24) is 19.9 Å². The first kappa shape index (κ1) is 17.5. The normalized spacial score (nSPS) is 24.7. The van der Waals surface area contributed by atoms with Crippen LogP contribution in [0.4, 0.5) is 17.5 Å². The number of para-hydroxylation sites is 2. The Labute approximate surface area is 166 Å². The van der Waals surface area contributed by atoms with Gasteiger partial charge in [-0.25, -0.2) is 4.98 Å². The maximum Gasteiger partial charge on any atom is 0.231 e. The van der Waals surface area contributed by atoms with Crippen LogP contribution in [0.2, 0.25) is 0 Å². The van der Waals surface area contributed by atoms with Gasteiger partial charge in [-0.15, -0.1) is 0 Å². The number of rotatable bonds is 6. The van der Waals surface area contributed by atoms with E-state index in [0.717, 1.165) is 12.1 Å². The summed E-state index contributed by atoms with van der Waals surface area (Å²) in [5.74, 6) is 1.50. The molecule has 0 radical (unpaired) electrons. The number of nitrogens with one attached hydrogen (secondary N) is 3. The number of aromatic amines is 1. The third-order valence-electron chi connectivity index (χ3n) is 5.72. The monoisotopic (exact) mass is 391 g/mol. The van der Waals surface area contributed by atoms with Gasteiger partial charge in [-0.05, 0) is 30.4 Å². The molecule has 1 aromatic carbocycles. The molecular formula is C20H21N7O2. The van der Waals surface area contributed by atoms with Crippen LogP contribution in [-0.4, -0.2) is 39.0 Å². The molecule has 2 heterocycles. The van der Waals surface area contributed by atoms with Crippen LogP contribution in [0.5, 0.6) is 5.75 Å². The molecule has 5 rings (SSSR count). The van der Waals surface area contributed by atoms with E-state index >= 15 is 0 Å². The van der Waals surface area contributed by atoms with Crippen molar-refractivity contribution in [2.24, 2.45) is 23.5 Å². The molecule has 3 aromatic rings. The Hall–Kier alpha value is -3.62.